The van der Waals surface area contributed by atoms with Crippen molar-refractivity contribution in [3.63, 3.8) is 0 Å². The number of rotatable bonds is 5. The van der Waals surface area contributed by atoms with Crippen molar-refractivity contribution in [2.24, 2.45) is 5.73 Å². The first-order chi connectivity index (χ1) is 9.19. The summed E-state index contributed by atoms with van der Waals surface area (Å²) in [5.41, 5.74) is 10.9. The van der Waals surface area contributed by atoms with Gasteiger partial charge < -0.3 is 5.73 Å². The fourth-order valence-electron chi connectivity index (χ4n) is 1.91. The molecule has 100 valence electrons. The molecule has 0 saturated carbocycles. The zero-order valence-corrected chi connectivity index (χ0v) is 12.6. The maximum atomic E-state index is 5.87. The lowest BCUT2D eigenvalue weighted by Gasteiger charge is -2.08. The van der Waals surface area contributed by atoms with Crippen LogP contribution in [-0.2, 0) is 18.1 Å². The molecule has 0 amide bonds. The van der Waals surface area contributed by atoms with E-state index in [0.717, 1.165) is 16.5 Å². The Labute approximate surface area is 124 Å². The first-order valence-electron chi connectivity index (χ1n) is 6.29. The molecule has 0 saturated heterocycles. The summed E-state index contributed by atoms with van der Waals surface area (Å²) in [6.07, 6.45) is 0. The summed E-state index contributed by atoms with van der Waals surface area (Å²) < 4.78 is 0. The van der Waals surface area contributed by atoms with Crippen molar-refractivity contribution in [2.75, 3.05) is 0 Å². The highest BCUT2D eigenvalue weighted by Crippen LogP contribution is 2.21. The van der Waals surface area contributed by atoms with E-state index in [4.69, 9.17) is 17.3 Å². The second-order valence-corrected chi connectivity index (χ2v) is 6.01. The normalized spacial score (nSPS) is 10.7. The summed E-state index contributed by atoms with van der Waals surface area (Å²) in [5, 5.41) is 0.793. The van der Waals surface area contributed by atoms with Gasteiger partial charge in [0.1, 0.15) is 0 Å². The molecular formula is C16H18ClNS. The summed E-state index contributed by atoms with van der Waals surface area (Å²) in [6.45, 7) is 2.76. The molecule has 0 bridgehead atoms. The van der Waals surface area contributed by atoms with Gasteiger partial charge in [-0.05, 0) is 41.3 Å². The average molecular weight is 292 g/mol. The molecule has 0 fully saturated rings. The van der Waals surface area contributed by atoms with Crippen molar-refractivity contribution < 1.29 is 0 Å². The van der Waals surface area contributed by atoms with E-state index >= 15 is 0 Å². The molecule has 2 rings (SSSR count). The zero-order chi connectivity index (χ0) is 13.7. The summed E-state index contributed by atoms with van der Waals surface area (Å²) in [4.78, 5) is 0. The molecule has 0 aliphatic rings. The standard InChI is InChI=1S/C16H18ClNS/c1-12-8-14(9-18)2-5-15(12)11-19-10-13-3-6-16(17)7-4-13/h2-8H,9-11,18H2,1H3. The lowest BCUT2D eigenvalue weighted by molar-refractivity contribution is 1.06. The Bertz CT molecular complexity index is 537. The molecular weight excluding hydrogens is 274 g/mol. The van der Waals surface area contributed by atoms with Gasteiger partial charge in [-0.1, -0.05) is 41.9 Å². The highest BCUT2D eigenvalue weighted by atomic mass is 35.5. The molecule has 3 heteroatoms. The van der Waals surface area contributed by atoms with Gasteiger partial charge in [0.2, 0.25) is 0 Å². The number of hydrogen-bond acceptors (Lipinski definition) is 2. The first kappa shape index (κ1) is 14.4. The van der Waals surface area contributed by atoms with Crippen LogP contribution in [0.3, 0.4) is 0 Å². The molecule has 1 nitrogen and oxygen atoms in total. The number of halogens is 1. The third-order valence-electron chi connectivity index (χ3n) is 3.08. The Kier molecular flexibility index (Phi) is 5.32. The zero-order valence-electron chi connectivity index (χ0n) is 11.0. The summed E-state index contributed by atoms with van der Waals surface area (Å²) >= 11 is 7.79. The van der Waals surface area contributed by atoms with Crippen LogP contribution in [0.15, 0.2) is 42.5 Å². The van der Waals surface area contributed by atoms with Gasteiger partial charge in [0.15, 0.2) is 0 Å². The highest BCUT2D eigenvalue weighted by Gasteiger charge is 2.01. The van der Waals surface area contributed by atoms with Crippen molar-refractivity contribution in [1.82, 2.24) is 0 Å². The highest BCUT2D eigenvalue weighted by molar-refractivity contribution is 7.97. The molecule has 0 aliphatic carbocycles. The monoisotopic (exact) mass is 291 g/mol. The van der Waals surface area contributed by atoms with Crippen molar-refractivity contribution in [1.29, 1.82) is 0 Å². The van der Waals surface area contributed by atoms with E-state index < -0.39 is 0 Å². The third-order valence-corrected chi connectivity index (χ3v) is 4.39. The van der Waals surface area contributed by atoms with E-state index in [1.165, 1.54) is 22.3 Å². The smallest absolute Gasteiger partial charge is 0.0406 e. The van der Waals surface area contributed by atoms with Crippen LogP contribution in [0, 0.1) is 6.92 Å². The van der Waals surface area contributed by atoms with E-state index in [9.17, 15) is 0 Å². The van der Waals surface area contributed by atoms with Crippen LogP contribution in [0.25, 0.3) is 0 Å². The van der Waals surface area contributed by atoms with Gasteiger partial charge in [0, 0.05) is 23.1 Å². The van der Waals surface area contributed by atoms with Gasteiger partial charge in [-0.15, -0.1) is 0 Å². The van der Waals surface area contributed by atoms with Crippen LogP contribution in [0.1, 0.15) is 22.3 Å². The Hall–Kier alpha value is -0.960. The van der Waals surface area contributed by atoms with Crippen molar-refractivity contribution in [3.05, 3.63) is 69.7 Å². The van der Waals surface area contributed by atoms with Crippen LogP contribution in [0.2, 0.25) is 5.02 Å². The molecule has 2 aromatic carbocycles. The summed E-state index contributed by atoms with van der Waals surface area (Å²) in [5.74, 6) is 2.04. The molecule has 0 radical (unpaired) electrons. The van der Waals surface area contributed by atoms with Gasteiger partial charge in [-0.2, -0.15) is 11.8 Å². The van der Waals surface area contributed by atoms with Crippen molar-refractivity contribution >= 4 is 23.4 Å². The van der Waals surface area contributed by atoms with Crippen molar-refractivity contribution in [3.8, 4) is 0 Å². The van der Waals surface area contributed by atoms with Crippen LogP contribution < -0.4 is 5.73 Å². The second kappa shape index (κ2) is 6.99. The molecule has 0 aliphatic heterocycles. The molecule has 2 aromatic rings. The quantitative estimate of drug-likeness (QED) is 0.875. The fraction of sp³-hybridized carbons (Fsp3) is 0.250. The molecule has 0 unspecified atom stereocenters. The third kappa shape index (κ3) is 4.27. The van der Waals surface area contributed by atoms with E-state index in [0.29, 0.717) is 6.54 Å². The number of aryl methyl sites for hydroxylation is 1. The number of thioether (sulfide) groups is 1. The van der Waals surface area contributed by atoms with E-state index in [2.05, 4.69) is 37.3 Å². The van der Waals surface area contributed by atoms with Gasteiger partial charge >= 0.3 is 0 Å². The lowest BCUT2D eigenvalue weighted by atomic mass is 10.1. The SMILES string of the molecule is Cc1cc(CN)ccc1CSCc1ccc(Cl)cc1. The molecule has 0 spiro atoms. The lowest BCUT2D eigenvalue weighted by Crippen LogP contribution is -1.98. The Morgan fingerprint density at radius 3 is 2.32 bits per heavy atom. The predicted octanol–water partition coefficient (Wildman–Crippen LogP) is 4.54. The molecule has 0 heterocycles. The topological polar surface area (TPSA) is 26.0 Å². The maximum absolute atomic E-state index is 5.87. The van der Waals surface area contributed by atoms with Crippen LogP contribution in [0.5, 0.6) is 0 Å². The van der Waals surface area contributed by atoms with Crippen molar-refractivity contribution in [2.45, 2.75) is 25.0 Å². The molecule has 0 atom stereocenters. The van der Waals surface area contributed by atoms with E-state index in [-0.39, 0.29) is 0 Å². The minimum Gasteiger partial charge on any atom is -0.326 e. The van der Waals surface area contributed by atoms with Crippen LogP contribution in [0.4, 0.5) is 0 Å². The Morgan fingerprint density at radius 2 is 1.68 bits per heavy atom. The van der Waals surface area contributed by atoms with Gasteiger partial charge in [0.25, 0.3) is 0 Å². The van der Waals surface area contributed by atoms with Crippen LogP contribution in [-0.4, -0.2) is 0 Å². The van der Waals surface area contributed by atoms with Gasteiger partial charge in [0.05, 0.1) is 0 Å². The van der Waals surface area contributed by atoms with Gasteiger partial charge in [-0.25, -0.2) is 0 Å². The predicted molar refractivity (Wildman–Crippen MR) is 85.5 cm³/mol. The molecule has 0 aromatic heterocycles. The Balaban J connectivity index is 1.90. The van der Waals surface area contributed by atoms with Crippen LogP contribution >= 0.6 is 23.4 Å². The van der Waals surface area contributed by atoms with E-state index in [1.807, 2.05) is 23.9 Å². The van der Waals surface area contributed by atoms with E-state index in [1.54, 1.807) is 0 Å². The largest absolute Gasteiger partial charge is 0.326 e. The minimum atomic E-state index is 0.610. The molecule has 19 heavy (non-hydrogen) atoms. The minimum absolute atomic E-state index is 0.610. The maximum Gasteiger partial charge on any atom is 0.0406 e. The first-order valence-corrected chi connectivity index (χ1v) is 7.83. The number of hydrogen-bond donors (Lipinski definition) is 1. The number of benzene rings is 2. The second-order valence-electron chi connectivity index (χ2n) is 4.58. The fourth-order valence-corrected chi connectivity index (χ4v) is 3.11. The number of nitrogens with two attached hydrogens (primary N) is 1. The summed E-state index contributed by atoms with van der Waals surface area (Å²) in [6, 6.07) is 14.5. The Morgan fingerprint density at radius 1 is 1.00 bits per heavy atom. The average Bonchev–Trinajstić information content (AvgIpc) is 2.42. The summed E-state index contributed by atoms with van der Waals surface area (Å²) in [7, 11) is 0. The van der Waals surface area contributed by atoms with Gasteiger partial charge in [-0.3, -0.25) is 0 Å². The molecule has 2 N–H and O–H groups in total.